The first kappa shape index (κ1) is 10.6. The van der Waals surface area contributed by atoms with Crippen molar-refractivity contribution in [2.45, 2.75) is 46.6 Å². The SMILES string of the molecule is C#CCCCNC1C(C)(C)C1(C)C. The van der Waals surface area contributed by atoms with Gasteiger partial charge >= 0.3 is 0 Å². The molecule has 1 N–H and O–H groups in total. The van der Waals surface area contributed by atoms with Crippen molar-refractivity contribution in [3.05, 3.63) is 0 Å². The van der Waals surface area contributed by atoms with E-state index in [1.165, 1.54) is 0 Å². The predicted molar refractivity (Wildman–Crippen MR) is 57.4 cm³/mol. The van der Waals surface area contributed by atoms with Gasteiger partial charge in [0.2, 0.25) is 0 Å². The lowest BCUT2D eigenvalue weighted by atomic mass is 10.0. The molecule has 0 unspecified atom stereocenters. The van der Waals surface area contributed by atoms with E-state index in [-0.39, 0.29) is 0 Å². The molecule has 13 heavy (non-hydrogen) atoms. The zero-order valence-corrected chi connectivity index (χ0v) is 9.28. The van der Waals surface area contributed by atoms with E-state index in [9.17, 15) is 0 Å². The average molecular weight is 179 g/mol. The second-order valence-electron chi connectivity index (χ2n) is 5.14. The van der Waals surface area contributed by atoms with Gasteiger partial charge in [0.25, 0.3) is 0 Å². The number of nitrogens with one attached hydrogen (secondary N) is 1. The van der Waals surface area contributed by atoms with E-state index in [4.69, 9.17) is 6.42 Å². The molecule has 0 spiro atoms. The fourth-order valence-corrected chi connectivity index (χ4v) is 2.14. The van der Waals surface area contributed by atoms with Crippen molar-refractivity contribution < 1.29 is 0 Å². The Morgan fingerprint density at radius 2 is 1.77 bits per heavy atom. The van der Waals surface area contributed by atoms with Gasteiger partial charge in [-0.25, -0.2) is 0 Å². The number of terminal acetylenes is 1. The molecule has 0 saturated heterocycles. The summed E-state index contributed by atoms with van der Waals surface area (Å²) >= 11 is 0. The molecular formula is C12H21N. The summed E-state index contributed by atoms with van der Waals surface area (Å²) in [4.78, 5) is 0. The first-order valence-electron chi connectivity index (χ1n) is 5.11. The molecule has 1 nitrogen and oxygen atoms in total. The van der Waals surface area contributed by atoms with Gasteiger partial charge in [-0.05, 0) is 23.8 Å². The maximum Gasteiger partial charge on any atom is 0.0181 e. The van der Waals surface area contributed by atoms with Crippen LogP contribution in [0.2, 0.25) is 0 Å². The minimum atomic E-state index is 0.448. The molecule has 1 aliphatic carbocycles. The molecule has 1 fully saturated rings. The van der Waals surface area contributed by atoms with E-state index >= 15 is 0 Å². The quantitative estimate of drug-likeness (QED) is 0.516. The first-order valence-corrected chi connectivity index (χ1v) is 5.11. The van der Waals surface area contributed by atoms with Crippen molar-refractivity contribution in [2.24, 2.45) is 10.8 Å². The van der Waals surface area contributed by atoms with Crippen LogP contribution in [0.1, 0.15) is 40.5 Å². The van der Waals surface area contributed by atoms with Crippen LogP contribution in [0.4, 0.5) is 0 Å². The van der Waals surface area contributed by atoms with Crippen LogP contribution in [-0.2, 0) is 0 Å². The summed E-state index contributed by atoms with van der Waals surface area (Å²) in [5.74, 6) is 2.66. The van der Waals surface area contributed by atoms with Crippen LogP contribution in [0.15, 0.2) is 0 Å². The second kappa shape index (κ2) is 3.35. The third-order valence-electron chi connectivity index (χ3n) is 3.87. The van der Waals surface area contributed by atoms with Crippen LogP contribution in [0, 0.1) is 23.2 Å². The normalized spacial score (nSPS) is 23.9. The van der Waals surface area contributed by atoms with Gasteiger partial charge in [-0.15, -0.1) is 12.3 Å². The van der Waals surface area contributed by atoms with Crippen molar-refractivity contribution in [1.29, 1.82) is 0 Å². The topological polar surface area (TPSA) is 12.0 Å². The van der Waals surface area contributed by atoms with Crippen molar-refractivity contribution in [1.82, 2.24) is 5.32 Å². The van der Waals surface area contributed by atoms with Crippen molar-refractivity contribution in [3.63, 3.8) is 0 Å². The minimum absolute atomic E-state index is 0.448. The van der Waals surface area contributed by atoms with E-state index in [1.54, 1.807) is 0 Å². The number of hydrogen-bond acceptors (Lipinski definition) is 1. The third kappa shape index (κ3) is 1.74. The Morgan fingerprint density at radius 3 is 2.15 bits per heavy atom. The summed E-state index contributed by atoms with van der Waals surface area (Å²) in [7, 11) is 0. The largest absolute Gasteiger partial charge is 0.313 e. The lowest BCUT2D eigenvalue weighted by Crippen LogP contribution is -2.23. The minimum Gasteiger partial charge on any atom is -0.313 e. The maximum atomic E-state index is 5.19. The van der Waals surface area contributed by atoms with Crippen molar-refractivity contribution in [3.8, 4) is 12.3 Å². The summed E-state index contributed by atoms with van der Waals surface area (Å²) < 4.78 is 0. The molecular weight excluding hydrogens is 158 g/mol. The van der Waals surface area contributed by atoms with Gasteiger partial charge < -0.3 is 5.32 Å². The number of hydrogen-bond donors (Lipinski definition) is 1. The molecule has 1 rings (SSSR count). The van der Waals surface area contributed by atoms with E-state index in [2.05, 4.69) is 38.9 Å². The monoisotopic (exact) mass is 179 g/mol. The molecule has 74 valence electrons. The fourth-order valence-electron chi connectivity index (χ4n) is 2.14. The zero-order chi connectivity index (χ0) is 10.1. The lowest BCUT2D eigenvalue weighted by Gasteiger charge is -2.04. The summed E-state index contributed by atoms with van der Waals surface area (Å²) in [5, 5.41) is 3.58. The Morgan fingerprint density at radius 1 is 1.23 bits per heavy atom. The van der Waals surface area contributed by atoms with Crippen LogP contribution in [0.25, 0.3) is 0 Å². The molecule has 0 aromatic rings. The molecule has 1 heteroatoms. The fraction of sp³-hybridized carbons (Fsp3) is 0.833. The van der Waals surface area contributed by atoms with E-state index in [1.807, 2.05) is 0 Å². The summed E-state index contributed by atoms with van der Waals surface area (Å²) in [6.07, 6.45) is 7.18. The van der Waals surface area contributed by atoms with E-state index < -0.39 is 0 Å². The standard InChI is InChI=1S/C12H21N/c1-6-7-8-9-13-10-11(2,3)12(10,4)5/h1,10,13H,7-9H2,2-5H3. The van der Waals surface area contributed by atoms with Crippen LogP contribution >= 0.6 is 0 Å². The van der Waals surface area contributed by atoms with Gasteiger partial charge in [0.15, 0.2) is 0 Å². The van der Waals surface area contributed by atoms with Crippen LogP contribution in [0.3, 0.4) is 0 Å². The molecule has 0 radical (unpaired) electrons. The highest BCUT2D eigenvalue weighted by Gasteiger charge is 2.64. The van der Waals surface area contributed by atoms with Crippen LogP contribution in [-0.4, -0.2) is 12.6 Å². The Bertz CT molecular complexity index is 206. The Hall–Kier alpha value is -0.480. The van der Waals surface area contributed by atoms with Crippen LogP contribution in [0.5, 0.6) is 0 Å². The van der Waals surface area contributed by atoms with E-state index in [0.29, 0.717) is 16.9 Å². The van der Waals surface area contributed by atoms with Gasteiger partial charge in [-0.2, -0.15) is 0 Å². The molecule has 1 aliphatic rings. The van der Waals surface area contributed by atoms with Gasteiger partial charge in [-0.3, -0.25) is 0 Å². The highest BCUT2D eigenvalue weighted by Crippen LogP contribution is 2.62. The van der Waals surface area contributed by atoms with Gasteiger partial charge in [0.1, 0.15) is 0 Å². The summed E-state index contributed by atoms with van der Waals surface area (Å²) in [6.45, 7) is 10.4. The van der Waals surface area contributed by atoms with Gasteiger partial charge in [-0.1, -0.05) is 27.7 Å². The smallest absolute Gasteiger partial charge is 0.0181 e. The summed E-state index contributed by atoms with van der Waals surface area (Å²) in [6, 6.07) is 0.665. The van der Waals surface area contributed by atoms with Crippen molar-refractivity contribution in [2.75, 3.05) is 6.54 Å². The molecule has 0 heterocycles. The molecule has 0 aromatic carbocycles. The van der Waals surface area contributed by atoms with Crippen molar-refractivity contribution >= 4 is 0 Å². The molecule has 0 aliphatic heterocycles. The highest BCUT2D eigenvalue weighted by molar-refractivity contribution is 5.17. The molecule has 0 bridgehead atoms. The molecule has 0 amide bonds. The third-order valence-corrected chi connectivity index (χ3v) is 3.87. The van der Waals surface area contributed by atoms with Crippen LogP contribution < -0.4 is 5.32 Å². The second-order valence-corrected chi connectivity index (χ2v) is 5.14. The zero-order valence-electron chi connectivity index (χ0n) is 9.28. The summed E-state index contributed by atoms with van der Waals surface area (Å²) in [5.41, 5.74) is 0.895. The predicted octanol–water partition coefficient (Wildman–Crippen LogP) is 2.42. The first-order chi connectivity index (χ1) is 5.94. The maximum absolute atomic E-state index is 5.19. The average Bonchev–Trinajstić information content (AvgIpc) is 2.39. The molecule has 0 atom stereocenters. The Balaban J connectivity index is 2.23. The molecule has 1 saturated carbocycles. The Labute approximate surface area is 82.3 Å². The Kier molecular flexibility index (Phi) is 2.73. The molecule has 0 aromatic heterocycles. The number of rotatable bonds is 4. The lowest BCUT2D eigenvalue weighted by molar-refractivity contribution is 0.457. The van der Waals surface area contributed by atoms with E-state index in [0.717, 1.165) is 19.4 Å². The van der Waals surface area contributed by atoms with Gasteiger partial charge in [0, 0.05) is 12.5 Å². The number of unbranched alkanes of at least 4 members (excludes halogenated alkanes) is 1. The van der Waals surface area contributed by atoms with Gasteiger partial charge in [0.05, 0.1) is 0 Å². The highest BCUT2D eigenvalue weighted by atomic mass is 15.0.